The molecule has 3 aromatic rings. The van der Waals surface area contributed by atoms with E-state index in [0.29, 0.717) is 11.3 Å². The predicted molar refractivity (Wildman–Crippen MR) is 131 cm³/mol. The van der Waals surface area contributed by atoms with Crippen LogP contribution in [0.25, 0.3) is 10.9 Å². The summed E-state index contributed by atoms with van der Waals surface area (Å²) in [5.74, 6) is -0.109. The molecule has 172 valence electrons. The minimum absolute atomic E-state index is 0.109. The number of nitrogens with zero attached hydrogens (tertiary/aromatic N) is 2. The lowest BCUT2D eigenvalue weighted by Gasteiger charge is -2.27. The smallest absolute Gasteiger partial charge is 0.257 e. The molecule has 2 aliphatic heterocycles. The van der Waals surface area contributed by atoms with Gasteiger partial charge in [-0.3, -0.25) is 14.5 Å². The van der Waals surface area contributed by atoms with Crippen molar-refractivity contribution in [2.24, 2.45) is 0 Å². The van der Waals surface area contributed by atoms with Crippen LogP contribution in [0.2, 0.25) is 0 Å². The molecule has 0 radical (unpaired) electrons. The molecule has 0 spiro atoms. The summed E-state index contributed by atoms with van der Waals surface area (Å²) < 4.78 is 5.47. The third-order valence-corrected chi connectivity index (χ3v) is 6.57. The van der Waals surface area contributed by atoms with Crippen molar-refractivity contribution in [2.75, 3.05) is 49.6 Å². The SMILES string of the molecule is Cc1cc(=O)[nH]c2ccc(NC(=O)c3cc(CN4CCOCC4)ccc3N3CCCC3)cc12. The number of ether oxygens (including phenoxy) is 1. The molecule has 2 N–H and O–H groups in total. The number of nitrogens with one attached hydrogen (secondary N) is 2. The molecule has 0 unspecified atom stereocenters. The summed E-state index contributed by atoms with van der Waals surface area (Å²) in [5.41, 5.74) is 5.09. The van der Waals surface area contributed by atoms with Crippen LogP contribution in [0.1, 0.15) is 34.3 Å². The van der Waals surface area contributed by atoms with Gasteiger partial charge < -0.3 is 19.9 Å². The molecule has 7 heteroatoms. The van der Waals surface area contributed by atoms with Gasteiger partial charge in [-0.2, -0.15) is 0 Å². The monoisotopic (exact) mass is 446 g/mol. The van der Waals surface area contributed by atoms with E-state index in [1.807, 2.05) is 31.2 Å². The predicted octanol–water partition coefficient (Wildman–Crippen LogP) is 3.52. The number of aromatic amines is 1. The van der Waals surface area contributed by atoms with Crippen molar-refractivity contribution < 1.29 is 9.53 Å². The van der Waals surface area contributed by atoms with Crippen molar-refractivity contribution in [1.82, 2.24) is 9.88 Å². The molecule has 2 aliphatic rings. The number of H-pyrrole nitrogens is 1. The average Bonchev–Trinajstić information content (AvgIpc) is 3.35. The molecule has 2 saturated heterocycles. The Balaban J connectivity index is 1.44. The van der Waals surface area contributed by atoms with Crippen LogP contribution >= 0.6 is 0 Å². The van der Waals surface area contributed by atoms with Gasteiger partial charge in [-0.15, -0.1) is 0 Å². The number of aromatic nitrogens is 1. The van der Waals surface area contributed by atoms with Crippen molar-refractivity contribution in [3.8, 4) is 0 Å². The number of anilines is 2. The van der Waals surface area contributed by atoms with Crippen molar-refractivity contribution >= 4 is 28.2 Å². The van der Waals surface area contributed by atoms with Gasteiger partial charge in [0.05, 0.1) is 18.8 Å². The lowest BCUT2D eigenvalue weighted by Crippen LogP contribution is -2.35. The highest BCUT2D eigenvalue weighted by atomic mass is 16.5. The van der Waals surface area contributed by atoms with Gasteiger partial charge in [0, 0.05) is 61.1 Å². The number of hydrogen-bond acceptors (Lipinski definition) is 5. The number of rotatable bonds is 5. The van der Waals surface area contributed by atoms with E-state index in [2.05, 4.69) is 32.2 Å². The molecule has 2 fully saturated rings. The van der Waals surface area contributed by atoms with Crippen LogP contribution < -0.4 is 15.8 Å². The van der Waals surface area contributed by atoms with Gasteiger partial charge in [-0.1, -0.05) is 6.07 Å². The topological polar surface area (TPSA) is 77.7 Å². The van der Waals surface area contributed by atoms with E-state index in [1.165, 1.54) is 0 Å². The van der Waals surface area contributed by atoms with Crippen LogP contribution in [-0.4, -0.2) is 55.2 Å². The molecule has 0 saturated carbocycles. The Morgan fingerprint density at radius 3 is 2.61 bits per heavy atom. The second-order valence-electron chi connectivity index (χ2n) is 8.97. The lowest BCUT2D eigenvalue weighted by atomic mass is 10.1. The Labute approximate surface area is 193 Å². The first-order chi connectivity index (χ1) is 16.1. The van der Waals surface area contributed by atoms with Crippen LogP contribution in [0, 0.1) is 6.92 Å². The summed E-state index contributed by atoms with van der Waals surface area (Å²) in [7, 11) is 0. The van der Waals surface area contributed by atoms with Gasteiger partial charge in [-0.25, -0.2) is 0 Å². The highest BCUT2D eigenvalue weighted by Gasteiger charge is 2.21. The summed E-state index contributed by atoms with van der Waals surface area (Å²) in [6, 6.07) is 13.5. The molecule has 0 aliphatic carbocycles. The largest absolute Gasteiger partial charge is 0.379 e. The number of morpholine rings is 1. The first kappa shape index (κ1) is 21.7. The zero-order valence-electron chi connectivity index (χ0n) is 19.0. The fourth-order valence-corrected chi connectivity index (χ4v) is 4.81. The van der Waals surface area contributed by atoms with Gasteiger partial charge in [0.1, 0.15) is 0 Å². The van der Waals surface area contributed by atoms with Crippen molar-refractivity contribution in [3.05, 3.63) is 69.5 Å². The number of carbonyl (C=O) groups excluding carboxylic acids is 1. The zero-order valence-corrected chi connectivity index (χ0v) is 19.0. The van der Waals surface area contributed by atoms with Crippen molar-refractivity contribution in [3.63, 3.8) is 0 Å². The zero-order chi connectivity index (χ0) is 22.8. The normalized spacial score (nSPS) is 16.9. The maximum absolute atomic E-state index is 13.5. The molecule has 1 aromatic heterocycles. The number of benzene rings is 2. The van der Waals surface area contributed by atoms with E-state index in [-0.39, 0.29) is 11.5 Å². The van der Waals surface area contributed by atoms with Crippen LogP contribution in [-0.2, 0) is 11.3 Å². The Bertz CT molecular complexity index is 1220. The fraction of sp³-hybridized carbons (Fsp3) is 0.385. The molecular formula is C26H30N4O3. The molecule has 3 heterocycles. The van der Waals surface area contributed by atoms with E-state index in [4.69, 9.17) is 4.74 Å². The highest BCUT2D eigenvalue weighted by molar-refractivity contribution is 6.09. The molecule has 2 aromatic carbocycles. The summed E-state index contributed by atoms with van der Waals surface area (Å²) in [6.45, 7) is 8.01. The first-order valence-electron chi connectivity index (χ1n) is 11.7. The van der Waals surface area contributed by atoms with E-state index in [0.717, 1.165) is 86.5 Å². The number of carbonyl (C=O) groups is 1. The van der Waals surface area contributed by atoms with Crippen LogP contribution in [0.4, 0.5) is 11.4 Å². The molecule has 1 amide bonds. The quantitative estimate of drug-likeness (QED) is 0.627. The molecule has 0 atom stereocenters. The maximum Gasteiger partial charge on any atom is 0.257 e. The summed E-state index contributed by atoms with van der Waals surface area (Å²) in [6.07, 6.45) is 2.30. The Kier molecular flexibility index (Phi) is 6.15. The number of hydrogen-bond donors (Lipinski definition) is 2. The van der Waals surface area contributed by atoms with Gasteiger partial charge >= 0.3 is 0 Å². The minimum Gasteiger partial charge on any atom is -0.379 e. The van der Waals surface area contributed by atoms with E-state index in [1.54, 1.807) is 6.07 Å². The Morgan fingerprint density at radius 1 is 1.03 bits per heavy atom. The molecule has 5 rings (SSSR count). The Morgan fingerprint density at radius 2 is 1.82 bits per heavy atom. The van der Waals surface area contributed by atoms with Gasteiger partial charge in [0.2, 0.25) is 5.56 Å². The molecular weight excluding hydrogens is 416 g/mol. The standard InChI is InChI=1S/C26H30N4O3/c1-18-14-25(31)28-23-6-5-20(16-21(18)23)27-26(32)22-15-19(17-29-10-12-33-13-11-29)4-7-24(22)30-8-2-3-9-30/h4-7,14-16H,2-3,8-13,17H2,1H3,(H,27,32)(H,28,31). The highest BCUT2D eigenvalue weighted by Crippen LogP contribution is 2.28. The van der Waals surface area contributed by atoms with Gasteiger partial charge in [0.15, 0.2) is 0 Å². The van der Waals surface area contributed by atoms with E-state index >= 15 is 0 Å². The number of amides is 1. The number of aryl methyl sites for hydroxylation is 1. The lowest BCUT2D eigenvalue weighted by molar-refractivity contribution is 0.0342. The van der Waals surface area contributed by atoms with Gasteiger partial charge in [-0.05, 0) is 61.2 Å². The summed E-state index contributed by atoms with van der Waals surface area (Å²) in [5, 5.41) is 4.02. The molecule has 33 heavy (non-hydrogen) atoms. The molecule has 0 bridgehead atoms. The fourth-order valence-electron chi connectivity index (χ4n) is 4.81. The third-order valence-electron chi connectivity index (χ3n) is 6.57. The van der Waals surface area contributed by atoms with Gasteiger partial charge in [0.25, 0.3) is 5.91 Å². The van der Waals surface area contributed by atoms with Crippen molar-refractivity contribution in [1.29, 1.82) is 0 Å². The number of fused-ring (bicyclic) bond motifs is 1. The van der Waals surface area contributed by atoms with Crippen LogP contribution in [0.3, 0.4) is 0 Å². The third kappa shape index (κ3) is 4.79. The Hall–Kier alpha value is -3.16. The van der Waals surface area contributed by atoms with Crippen LogP contribution in [0.15, 0.2) is 47.3 Å². The summed E-state index contributed by atoms with van der Waals surface area (Å²) in [4.78, 5) is 32.8. The second kappa shape index (κ2) is 9.37. The van der Waals surface area contributed by atoms with Crippen LogP contribution in [0.5, 0.6) is 0 Å². The molecule has 7 nitrogen and oxygen atoms in total. The minimum atomic E-state index is -0.121. The van der Waals surface area contributed by atoms with E-state index < -0.39 is 0 Å². The maximum atomic E-state index is 13.5. The second-order valence-corrected chi connectivity index (χ2v) is 8.97. The summed E-state index contributed by atoms with van der Waals surface area (Å²) >= 11 is 0. The average molecular weight is 447 g/mol. The van der Waals surface area contributed by atoms with Crippen molar-refractivity contribution in [2.45, 2.75) is 26.3 Å². The van der Waals surface area contributed by atoms with E-state index in [9.17, 15) is 9.59 Å². The number of pyridine rings is 1. The first-order valence-corrected chi connectivity index (χ1v) is 11.7.